The average molecular weight is 285 g/mol. The van der Waals surface area contributed by atoms with Crippen molar-refractivity contribution in [2.75, 3.05) is 6.54 Å². The number of rotatable bonds is 4. The molecule has 1 rings (SSSR count). The van der Waals surface area contributed by atoms with Crippen LogP contribution in [0.5, 0.6) is 0 Å². The first-order valence-corrected chi connectivity index (χ1v) is 7.31. The summed E-state index contributed by atoms with van der Waals surface area (Å²) in [4.78, 5) is 11.1. The Balaban J connectivity index is 3.37. The zero-order valence-electron chi connectivity index (χ0n) is 11.5. The lowest BCUT2D eigenvalue weighted by molar-refractivity contribution is -0.138. The summed E-state index contributed by atoms with van der Waals surface area (Å²) in [6, 6.07) is 6.55. The molecule has 0 atom stereocenters. The molecule has 0 bridgehead atoms. The van der Waals surface area contributed by atoms with E-state index in [1.165, 1.54) is 6.07 Å². The third-order valence-electron chi connectivity index (χ3n) is 2.69. The second kappa shape index (κ2) is 5.30. The molecule has 5 nitrogen and oxygen atoms in total. The lowest BCUT2D eigenvalue weighted by Gasteiger charge is -2.33. The molecule has 0 spiro atoms. The standard InChI is InChI=1S/C13H19NO4S/c1-10-7-5-6-8-11(10)19(17,18)14(9-12(15)16)13(2,3)4/h5-8H,9H2,1-4H3,(H,15,16). The van der Waals surface area contributed by atoms with Crippen LogP contribution in [0.3, 0.4) is 0 Å². The number of hydrogen-bond acceptors (Lipinski definition) is 3. The Morgan fingerprint density at radius 3 is 2.21 bits per heavy atom. The van der Waals surface area contributed by atoms with Crippen molar-refractivity contribution in [1.82, 2.24) is 4.31 Å². The van der Waals surface area contributed by atoms with Gasteiger partial charge < -0.3 is 5.11 Å². The number of sulfonamides is 1. The smallest absolute Gasteiger partial charge is 0.318 e. The van der Waals surface area contributed by atoms with E-state index in [1.54, 1.807) is 45.9 Å². The first kappa shape index (κ1) is 15.7. The maximum atomic E-state index is 12.6. The van der Waals surface area contributed by atoms with Crippen LogP contribution in [0.2, 0.25) is 0 Å². The van der Waals surface area contributed by atoms with Gasteiger partial charge in [0.2, 0.25) is 10.0 Å². The Kier molecular flexibility index (Phi) is 4.37. The Bertz CT molecular complexity index is 573. The predicted molar refractivity (Wildman–Crippen MR) is 72.5 cm³/mol. The predicted octanol–water partition coefficient (Wildman–Crippen LogP) is 1.87. The van der Waals surface area contributed by atoms with Crippen LogP contribution in [0.25, 0.3) is 0 Å². The van der Waals surface area contributed by atoms with Gasteiger partial charge >= 0.3 is 5.97 Å². The molecule has 0 aromatic heterocycles. The Labute approximate surface area is 113 Å². The lowest BCUT2D eigenvalue weighted by Crippen LogP contribution is -2.48. The Morgan fingerprint density at radius 1 is 1.26 bits per heavy atom. The molecule has 0 saturated heterocycles. The molecule has 0 radical (unpaired) electrons. The molecule has 0 fully saturated rings. The molecule has 0 unspecified atom stereocenters. The van der Waals surface area contributed by atoms with Crippen LogP contribution in [0.15, 0.2) is 29.2 Å². The number of carboxylic acids is 1. The molecule has 0 saturated carbocycles. The van der Waals surface area contributed by atoms with Crippen LogP contribution in [0.1, 0.15) is 26.3 Å². The highest BCUT2D eigenvalue weighted by Gasteiger charge is 2.36. The van der Waals surface area contributed by atoms with Gasteiger partial charge in [-0.25, -0.2) is 8.42 Å². The van der Waals surface area contributed by atoms with E-state index >= 15 is 0 Å². The SMILES string of the molecule is Cc1ccccc1S(=O)(=O)N(CC(=O)O)C(C)(C)C. The van der Waals surface area contributed by atoms with Crippen LogP contribution in [-0.2, 0) is 14.8 Å². The molecule has 1 N–H and O–H groups in total. The summed E-state index contributed by atoms with van der Waals surface area (Å²) >= 11 is 0. The fourth-order valence-electron chi connectivity index (χ4n) is 1.77. The Hall–Kier alpha value is -1.40. The van der Waals surface area contributed by atoms with Crippen LogP contribution in [-0.4, -0.2) is 35.9 Å². The van der Waals surface area contributed by atoms with Crippen LogP contribution >= 0.6 is 0 Å². The number of carboxylic acid groups (broad SMARTS) is 1. The zero-order chi connectivity index (χ0) is 14.8. The van der Waals surface area contributed by atoms with Gasteiger partial charge in [0.25, 0.3) is 0 Å². The summed E-state index contributed by atoms with van der Waals surface area (Å²) < 4.78 is 26.2. The minimum absolute atomic E-state index is 0.145. The van der Waals surface area contributed by atoms with Gasteiger partial charge in [0.1, 0.15) is 6.54 Å². The van der Waals surface area contributed by atoms with Crippen molar-refractivity contribution in [1.29, 1.82) is 0 Å². The minimum Gasteiger partial charge on any atom is -0.480 e. The summed E-state index contributed by atoms with van der Waals surface area (Å²) in [7, 11) is -3.83. The average Bonchev–Trinajstić information content (AvgIpc) is 2.24. The van der Waals surface area contributed by atoms with E-state index in [9.17, 15) is 13.2 Å². The van der Waals surface area contributed by atoms with Crippen molar-refractivity contribution in [3.05, 3.63) is 29.8 Å². The van der Waals surface area contributed by atoms with Crippen molar-refractivity contribution < 1.29 is 18.3 Å². The summed E-state index contributed by atoms with van der Waals surface area (Å²) in [5, 5.41) is 8.92. The highest BCUT2D eigenvalue weighted by atomic mass is 32.2. The summed E-state index contributed by atoms with van der Waals surface area (Å²) in [6.45, 7) is 6.15. The van der Waals surface area contributed by atoms with E-state index in [2.05, 4.69) is 0 Å². The summed E-state index contributed by atoms with van der Waals surface area (Å²) in [6.07, 6.45) is 0. The van der Waals surface area contributed by atoms with Crippen molar-refractivity contribution >= 4 is 16.0 Å². The molecule has 0 aliphatic carbocycles. The normalized spacial score (nSPS) is 12.7. The molecule has 1 aromatic carbocycles. The highest BCUT2D eigenvalue weighted by molar-refractivity contribution is 7.89. The number of hydrogen-bond donors (Lipinski definition) is 1. The van der Waals surface area contributed by atoms with Gasteiger partial charge in [0.15, 0.2) is 0 Å². The largest absolute Gasteiger partial charge is 0.480 e. The first-order valence-electron chi connectivity index (χ1n) is 5.87. The first-order chi connectivity index (χ1) is 8.56. The molecule has 6 heteroatoms. The van der Waals surface area contributed by atoms with Gasteiger partial charge in [-0.05, 0) is 39.3 Å². The van der Waals surface area contributed by atoms with Gasteiger partial charge in [0, 0.05) is 5.54 Å². The second-order valence-electron chi connectivity index (χ2n) is 5.34. The van der Waals surface area contributed by atoms with Crippen LogP contribution in [0, 0.1) is 6.92 Å². The maximum absolute atomic E-state index is 12.6. The van der Waals surface area contributed by atoms with E-state index in [-0.39, 0.29) is 4.90 Å². The highest BCUT2D eigenvalue weighted by Crippen LogP contribution is 2.26. The van der Waals surface area contributed by atoms with E-state index in [0.29, 0.717) is 5.56 Å². The molecule has 1 aromatic rings. The number of carbonyl (C=O) groups is 1. The van der Waals surface area contributed by atoms with E-state index < -0.39 is 28.1 Å². The Morgan fingerprint density at radius 2 is 1.79 bits per heavy atom. The molecular formula is C13H19NO4S. The number of aryl methyl sites for hydroxylation is 1. The third kappa shape index (κ3) is 3.54. The van der Waals surface area contributed by atoms with E-state index in [0.717, 1.165) is 4.31 Å². The number of benzene rings is 1. The summed E-state index contributed by atoms with van der Waals surface area (Å²) in [5.74, 6) is -1.17. The fraction of sp³-hybridized carbons (Fsp3) is 0.462. The number of aliphatic carboxylic acids is 1. The molecule has 106 valence electrons. The third-order valence-corrected chi connectivity index (χ3v) is 4.96. The second-order valence-corrected chi connectivity index (χ2v) is 7.17. The van der Waals surface area contributed by atoms with Crippen molar-refractivity contribution in [2.45, 2.75) is 38.1 Å². The molecule has 0 aliphatic rings. The monoisotopic (exact) mass is 285 g/mol. The fourth-order valence-corrected chi connectivity index (χ4v) is 3.73. The van der Waals surface area contributed by atoms with Gasteiger partial charge in [-0.2, -0.15) is 4.31 Å². The minimum atomic E-state index is -3.83. The van der Waals surface area contributed by atoms with Gasteiger partial charge in [-0.15, -0.1) is 0 Å². The van der Waals surface area contributed by atoms with Crippen LogP contribution in [0.4, 0.5) is 0 Å². The molecule has 0 amide bonds. The van der Waals surface area contributed by atoms with Crippen molar-refractivity contribution in [3.63, 3.8) is 0 Å². The van der Waals surface area contributed by atoms with Gasteiger partial charge in [-0.1, -0.05) is 18.2 Å². The maximum Gasteiger partial charge on any atom is 0.318 e. The van der Waals surface area contributed by atoms with Gasteiger partial charge in [0.05, 0.1) is 4.90 Å². The zero-order valence-corrected chi connectivity index (χ0v) is 12.4. The van der Waals surface area contributed by atoms with E-state index in [4.69, 9.17) is 5.11 Å². The van der Waals surface area contributed by atoms with Gasteiger partial charge in [-0.3, -0.25) is 4.79 Å². The van der Waals surface area contributed by atoms with Crippen molar-refractivity contribution in [3.8, 4) is 0 Å². The van der Waals surface area contributed by atoms with E-state index in [1.807, 2.05) is 0 Å². The quantitative estimate of drug-likeness (QED) is 0.916. The molecule has 0 heterocycles. The molecule has 0 aliphatic heterocycles. The number of nitrogens with zero attached hydrogens (tertiary/aromatic N) is 1. The lowest BCUT2D eigenvalue weighted by atomic mass is 10.1. The molecule has 19 heavy (non-hydrogen) atoms. The van der Waals surface area contributed by atoms with Crippen molar-refractivity contribution in [2.24, 2.45) is 0 Å². The van der Waals surface area contributed by atoms with Crippen LogP contribution < -0.4 is 0 Å². The summed E-state index contributed by atoms with van der Waals surface area (Å²) in [5.41, 5.74) is -0.207. The molecular weight excluding hydrogens is 266 g/mol. The topological polar surface area (TPSA) is 74.7 Å².